The van der Waals surface area contributed by atoms with Crippen molar-refractivity contribution in [2.24, 2.45) is 0 Å². The molecular weight excluding hydrogens is 427 g/mol. The number of halogens is 1. The first-order valence-corrected chi connectivity index (χ1v) is 11.2. The van der Waals surface area contributed by atoms with Crippen LogP contribution in [0, 0.1) is 0 Å². The van der Waals surface area contributed by atoms with E-state index in [2.05, 4.69) is 12.1 Å². The predicted octanol–water partition coefficient (Wildman–Crippen LogP) is 4.51. The van der Waals surface area contributed by atoms with Gasteiger partial charge in [0.05, 0.1) is 19.2 Å². The van der Waals surface area contributed by atoms with Crippen molar-refractivity contribution in [3.05, 3.63) is 59.7 Å². The number of benzene rings is 2. The summed E-state index contributed by atoms with van der Waals surface area (Å²) in [6.45, 7) is 5.21. The van der Waals surface area contributed by atoms with Crippen LogP contribution in [-0.2, 0) is 14.3 Å². The Balaban J connectivity index is 1.28. The number of hydrogen-bond acceptors (Lipinski definition) is 5. The number of ether oxygens (including phenoxy) is 2. The third-order valence-corrected chi connectivity index (χ3v) is 6.34. The summed E-state index contributed by atoms with van der Waals surface area (Å²) in [4.78, 5) is 32.2. The zero-order chi connectivity index (χ0) is 23.3. The first-order chi connectivity index (χ1) is 15.7. The number of carbonyl (C=O) groups excluding carboxylic acids is 2. The van der Waals surface area contributed by atoms with Gasteiger partial charge in [-0.1, -0.05) is 48.5 Å². The lowest BCUT2D eigenvalue weighted by molar-refractivity contribution is -0.121. The van der Waals surface area contributed by atoms with Crippen LogP contribution in [-0.4, -0.2) is 65.8 Å². The summed E-state index contributed by atoms with van der Waals surface area (Å²) in [7, 11) is 0. The third kappa shape index (κ3) is 3.82. The highest BCUT2D eigenvalue weighted by molar-refractivity contribution is 5.79. The van der Waals surface area contributed by atoms with Gasteiger partial charge < -0.3 is 9.47 Å². The fraction of sp³-hybridized carbons (Fsp3) is 0.440. The van der Waals surface area contributed by atoms with Crippen LogP contribution in [0.1, 0.15) is 37.8 Å². The van der Waals surface area contributed by atoms with E-state index in [1.807, 2.05) is 36.4 Å². The molecule has 1 aliphatic carbocycles. The number of likely N-dealkylation sites (tertiary alicyclic amines) is 1. The van der Waals surface area contributed by atoms with E-state index in [-0.39, 0.29) is 25.7 Å². The van der Waals surface area contributed by atoms with E-state index < -0.39 is 36.0 Å². The van der Waals surface area contributed by atoms with Crippen molar-refractivity contribution in [1.82, 2.24) is 9.96 Å². The van der Waals surface area contributed by atoms with Crippen LogP contribution in [0.5, 0.6) is 0 Å². The van der Waals surface area contributed by atoms with Crippen LogP contribution in [0.2, 0.25) is 0 Å². The van der Waals surface area contributed by atoms with Crippen molar-refractivity contribution in [2.75, 3.05) is 19.8 Å². The molecule has 0 N–H and O–H groups in total. The number of alkyl halides is 1. The van der Waals surface area contributed by atoms with Gasteiger partial charge in [-0.05, 0) is 43.0 Å². The zero-order valence-corrected chi connectivity index (χ0v) is 18.9. The second kappa shape index (κ2) is 8.02. The molecule has 3 unspecified atom stereocenters. The van der Waals surface area contributed by atoms with E-state index in [0.29, 0.717) is 0 Å². The van der Waals surface area contributed by atoms with Crippen molar-refractivity contribution in [2.45, 2.75) is 50.5 Å². The molecule has 7 nitrogen and oxygen atoms in total. The number of fused-ring (bicyclic) bond motifs is 4. The number of rotatable bonds is 2. The molecule has 174 valence electrons. The minimum absolute atomic E-state index is 0.00846. The fourth-order valence-corrected chi connectivity index (χ4v) is 4.95. The Morgan fingerprint density at radius 3 is 2.24 bits per heavy atom. The normalized spacial score (nSPS) is 23.8. The van der Waals surface area contributed by atoms with Crippen molar-refractivity contribution >= 4 is 12.2 Å². The maximum Gasteiger partial charge on any atom is 0.434 e. The summed E-state index contributed by atoms with van der Waals surface area (Å²) >= 11 is 0. The molecule has 2 saturated heterocycles. The molecule has 2 fully saturated rings. The molecule has 0 radical (unpaired) electrons. The predicted molar refractivity (Wildman–Crippen MR) is 118 cm³/mol. The molecule has 0 saturated carbocycles. The summed E-state index contributed by atoms with van der Waals surface area (Å²) in [5.41, 5.74) is 3.73. The molecule has 2 aliphatic heterocycles. The molecule has 2 amide bonds. The van der Waals surface area contributed by atoms with Gasteiger partial charge in [0.15, 0.2) is 0 Å². The SMILES string of the molecule is CC(C)(C)OC(=O)N1CC(F)C2C1CON2C(=O)OCC1c2ccccc2-c2ccccc21. The molecular formula is C25H27FN2O5. The lowest BCUT2D eigenvalue weighted by atomic mass is 9.98. The summed E-state index contributed by atoms with van der Waals surface area (Å²) in [6.07, 6.45) is -2.82. The maximum atomic E-state index is 14.9. The Morgan fingerprint density at radius 2 is 1.64 bits per heavy atom. The molecule has 5 rings (SSSR count). The van der Waals surface area contributed by atoms with Gasteiger partial charge in [0.1, 0.15) is 24.4 Å². The monoisotopic (exact) mass is 454 g/mol. The molecule has 0 bridgehead atoms. The lowest BCUT2D eigenvalue weighted by Gasteiger charge is -2.26. The molecule has 8 heteroatoms. The van der Waals surface area contributed by atoms with Crippen LogP contribution < -0.4 is 0 Å². The van der Waals surface area contributed by atoms with Crippen LogP contribution in [0.4, 0.5) is 14.0 Å². The van der Waals surface area contributed by atoms with Crippen molar-refractivity contribution in [3.8, 4) is 11.1 Å². The van der Waals surface area contributed by atoms with Gasteiger partial charge in [0.2, 0.25) is 0 Å². The van der Waals surface area contributed by atoms with Gasteiger partial charge in [0, 0.05) is 5.92 Å². The number of carbonyl (C=O) groups is 2. The third-order valence-electron chi connectivity index (χ3n) is 6.34. The van der Waals surface area contributed by atoms with E-state index in [1.54, 1.807) is 20.8 Å². The highest BCUT2D eigenvalue weighted by Gasteiger charge is 2.55. The minimum atomic E-state index is -1.45. The molecule has 0 aromatic heterocycles. The van der Waals surface area contributed by atoms with Crippen LogP contribution >= 0.6 is 0 Å². The molecule has 3 atom stereocenters. The molecule has 3 aliphatic rings. The smallest absolute Gasteiger partial charge is 0.434 e. The number of hydrogen-bond donors (Lipinski definition) is 0. The summed E-state index contributed by atoms with van der Waals surface area (Å²) in [6, 6.07) is 14.5. The standard InChI is InChI=1S/C25H27FN2O5/c1-25(2,3)33-23(29)27-12-20(26)22-21(27)14-32-28(22)24(30)31-13-19-17-10-6-4-8-15(17)16-9-5-7-11-18(16)19/h4-11,19-22H,12-14H2,1-3H3. The van der Waals surface area contributed by atoms with Crippen molar-refractivity contribution in [1.29, 1.82) is 0 Å². The van der Waals surface area contributed by atoms with Gasteiger partial charge >= 0.3 is 12.2 Å². The van der Waals surface area contributed by atoms with Gasteiger partial charge in [-0.3, -0.25) is 9.74 Å². The largest absolute Gasteiger partial charge is 0.447 e. The average Bonchev–Trinajstić information content (AvgIpc) is 3.43. The second-order valence-corrected chi connectivity index (χ2v) is 9.63. The topological polar surface area (TPSA) is 68.3 Å². The minimum Gasteiger partial charge on any atom is -0.447 e. The van der Waals surface area contributed by atoms with E-state index in [0.717, 1.165) is 27.3 Å². The average molecular weight is 454 g/mol. The van der Waals surface area contributed by atoms with Crippen LogP contribution in [0.3, 0.4) is 0 Å². The Kier molecular flexibility index (Phi) is 5.28. The second-order valence-electron chi connectivity index (χ2n) is 9.63. The van der Waals surface area contributed by atoms with Crippen LogP contribution in [0.25, 0.3) is 11.1 Å². The quantitative estimate of drug-likeness (QED) is 0.668. The summed E-state index contributed by atoms with van der Waals surface area (Å²) in [5.74, 6) is -0.109. The van der Waals surface area contributed by atoms with Gasteiger partial charge in [-0.2, -0.15) is 5.06 Å². The van der Waals surface area contributed by atoms with E-state index in [9.17, 15) is 14.0 Å². The van der Waals surface area contributed by atoms with Gasteiger partial charge in [-0.15, -0.1) is 0 Å². The highest BCUT2D eigenvalue weighted by atomic mass is 19.1. The Morgan fingerprint density at radius 1 is 1.03 bits per heavy atom. The van der Waals surface area contributed by atoms with E-state index >= 15 is 0 Å². The van der Waals surface area contributed by atoms with E-state index in [4.69, 9.17) is 14.3 Å². The van der Waals surface area contributed by atoms with Crippen molar-refractivity contribution in [3.63, 3.8) is 0 Å². The number of amides is 2. The summed E-state index contributed by atoms with van der Waals surface area (Å²) < 4.78 is 25.9. The zero-order valence-electron chi connectivity index (χ0n) is 18.9. The first kappa shape index (κ1) is 21.7. The van der Waals surface area contributed by atoms with Gasteiger partial charge in [0.25, 0.3) is 0 Å². The molecule has 2 aromatic rings. The highest BCUT2D eigenvalue weighted by Crippen LogP contribution is 2.44. The molecule has 0 spiro atoms. The Bertz CT molecular complexity index is 1040. The fourth-order valence-electron chi connectivity index (χ4n) is 4.95. The maximum absolute atomic E-state index is 14.9. The molecule has 2 aromatic carbocycles. The van der Waals surface area contributed by atoms with Crippen molar-refractivity contribution < 1.29 is 28.3 Å². The summed E-state index contributed by atoms with van der Waals surface area (Å²) in [5, 5.41) is 0.951. The van der Waals surface area contributed by atoms with E-state index in [1.165, 1.54) is 4.90 Å². The number of nitrogens with zero attached hydrogens (tertiary/aromatic N) is 2. The first-order valence-electron chi connectivity index (χ1n) is 11.2. The molecule has 33 heavy (non-hydrogen) atoms. The van der Waals surface area contributed by atoms with Gasteiger partial charge in [-0.25, -0.2) is 14.0 Å². The van der Waals surface area contributed by atoms with Crippen LogP contribution in [0.15, 0.2) is 48.5 Å². The lowest BCUT2D eigenvalue weighted by Crippen LogP contribution is -2.45. The Hall–Kier alpha value is -3.13. The molecule has 2 heterocycles. The Labute approximate surface area is 192 Å². The number of hydroxylamine groups is 2.